The summed E-state index contributed by atoms with van der Waals surface area (Å²) in [6, 6.07) is 13.9. The quantitative estimate of drug-likeness (QED) is 0.205. The first-order chi connectivity index (χ1) is 13.0. The summed E-state index contributed by atoms with van der Waals surface area (Å²) < 4.78 is 6.70. The lowest BCUT2D eigenvalue weighted by atomic mass is 10.2. The van der Waals surface area contributed by atoms with Crippen LogP contribution in [-0.2, 0) is 4.79 Å². The van der Waals surface area contributed by atoms with Gasteiger partial charge in [0.1, 0.15) is 10.1 Å². The Morgan fingerprint density at radius 3 is 2.67 bits per heavy atom. The molecule has 2 aromatic rings. The third kappa shape index (κ3) is 4.74. The zero-order valence-electron chi connectivity index (χ0n) is 14.1. The number of carbonyl (C=O) groups is 2. The molecule has 0 unspecified atom stereocenters. The summed E-state index contributed by atoms with van der Waals surface area (Å²) in [5, 5.41) is 0. The molecule has 27 heavy (non-hydrogen) atoms. The van der Waals surface area contributed by atoms with Crippen LogP contribution in [0.4, 0.5) is 0 Å². The number of thioether (sulfide) groups is 1. The second-order valence-corrected chi connectivity index (χ2v) is 8.14. The van der Waals surface area contributed by atoms with Crippen molar-refractivity contribution in [2.45, 2.75) is 0 Å². The number of hydrogen-bond donors (Lipinski definition) is 0. The SMILES string of the molecule is C=CCN1C(=O)/C(=C/c2ccc(OC(=O)c3cccc(Br)c3)cc2)SC1=S. The number of rotatable bonds is 5. The largest absolute Gasteiger partial charge is 0.423 e. The summed E-state index contributed by atoms with van der Waals surface area (Å²) in [6.07, 6.45) is 3.41. The molecular weight excluding hydrogens is 446 g/mol. The van der Waals surface area contributed by atoms with Crippen molar-refractivity contribution >= 4 is 62.2 Å². The summed E-state index contributed by atoms with van der Waals surface area (Å²) in [6.45, 7) is 4.03. The average molecular weight is 460 g/mol. The lowest BCUT2D eigenvalue weighted by Gasteiger charge is -2.10. The highest BCUT2D eigenvalue weighted by atomic mass is 79.9. The van der Waals surface area contributed by atoms with E-state index < -0.39 is 5.97 Å². The average Bonchev–Trinajstić information content (AvgIpc) is 2.91. The topological polar surface area (TPSA) is 46.6 Å². The minimum Gasteiger partial charge on any atom is -0.423 e. The fourth-order valence-corrected chi connectivity index (χ4v) is 4.03. The van der Waals surface area contributed by atoms with Gasteiger partial charge in [0.15, 0.2) is 0 Å². The standard InChI is InChI=1S/C20H14BrNO3S2/c1-2-10-22-18(23)17(27-20(22)26)11-13-6-8-16(9-7-13)25-19(24)14-4-3-5-15(21)12-14/h2-9,11-12H,1,10H2/b17-11-. The van der Waals surface area contributed by atoms with Crippen molar-refractivity contribution < 1.29 is 14.3 Å². The van der Waals surface area contributed by atoms with Crippen molar-refractivity contribution in [3.63, 3.8) is 0 Å². The second kappa shape index (κ2) is 8.65. The van der Waals surface area contributed by atoms with Crippen molar-refractivity contribution in [2.24, 2.45) is 0 Å². The molecule has 0 aromatic heterocycles. The minimum absolute atomic E-state index is 0.130. The first-order valence-electron chi connectivity index (χ1n) is 7.92. The van der Waals surface area contributed by atoms with E-state index >= 15 is 0 Å². The molecular formula is C20H14BrNO3S2. The van der Waals surface area contributed by atoms with Crippen molar-refractivity contribution in [2.75, 3.05) is 6.54 Å². The fraction of sp³-hybridized carbons (Fsp3) is 0.0500. The lowest BCUT2D eigenvalue weighted by Crippen LogP contribution is -2.27. The summed E-state index contributed by atoms with van der Waals surface area (Å²) >= 11 is 9.81. The monoisotopic (exact) mass is 459 g/mol. The van der Waals surface area contributed by atoms with Crippen LogP contribution in [0.15, 0.2) is 70.6 Å². The first kappa shape index (κ1) is 19.5. The molecule has 1 heterocycles. The van der Waals surface area contributed by atoms with Crippen LogP contribution >= 0.6 is 39.9 Å². The highest BCUT2D eigenvalue weighted by Crippen LogP contribution is 2.32. The van der Waals surface area contributed by atoms with E-state index in [4.69, 9.17) is 17.0 Å². The Balaban J connectivity index is 1.70. The summed E-state index contributed by atoms with van der Waals surface area (Å²) in [7, 11) is 0. The molecule has 3 rings (SSSR count). The number of halogens is 1. The third-order valence-corrected chi connectivity index (χ3v) is 5.51. The number of hydrogen-bond acceptors (Lipinski definition) is 5. The molecule has 7 heteroatoms. The van der Waals surface area contributed by atoms with Crippen LogP contribution in [0.5, 0.6) is 5.75 Å². The number of nitrogens with zero attached hydrogens (tertiary/aromatic N) is 1. The molecule has 136 valence electrons. The molecule has 1 fully saturated rings. The molecule has 0 bridgehead atoms. The van der Waals surface area contributed by atoms with Gasteiger partial charge in [0, 0.05) is 11.0 Å². The molecule has 1 amide bonds. The number of carbonyl (C=O) groups excluding carboxylic acids is 2. The Bertz CT molecular complexity index is 954. The molecule has 1 saturated heterocycles. The predicted octanol–water partition coefficient (Wildman–Crippen LogP) is 5.06. The summed E-state index contributed by atoms with van der Waals surface area (Å²) in [5.74, 6) is -0.138. The molecule has 1 aliphatic rings. The van der Waals surface area contributed by atoms with E-state index in [1.807, 2.05) is 6.07 Å². The number of ether oxygens (including phenoxy) is 1. The van der Waals surface area contributed by atoms with Crippen LogP contribution in [0.25, 0.3) is 6.08 Å². The van der Waals surface area contributed by atoms with E-state index in [1.54, 1.807) is 54.6 Å². The minimum atomic E-state index is -0.436. The van der Waals surface area contributed by atoms with E-state index in [9.17, 15) is 9.59 Å². The fourth-order valence-electron chi connectivity index (χ4n) is 2.35. The van der Waals surface area contributed by atoms with Gasteiger partial charge in [-0.15, -0.1) is 6.58 Å². The summed E-state index contributed by atoms with van der Waals surface area (Å²) in [4.78, 5) is 26.6. The van der Waals surface area contributed by atoms with Gasteiger partial charge in [-0.1, -0.05) is 64.2 Å². The van der Waals surface area contributed by atoms with E-state index in [-0.39, 0.29) is 5.91 Å². The van der Waals surface area contributed by atoms with Gasteiger partial charge in [0.05, 0.1) is 10.5 Å². The molecule has 0 radical (unpaired) electrons. The smallest absolute Gasteiger partial charge is 0.343 e. The van der Waals surface area contributed by atoms with Crippen molar-refractivity contribution in [3.8, 4) is 5.75 Å². The molecule has 0 atom stereocenters. The third-order valence-electron chi connectivity index (χ3n) is 3.63. The zero-order chi connectivity index (χ0) is 19.4. The molecule has 0 N–H and O–H groups in total. The van der Waals surface area contributed by atoms with Gasteiger partial charge < -0.3 is 4.74 Å². The maximum Gasteiger partial charge on any atom is 0.343 e. The predicted molar refractivity (Wildman–Crippen MR) is 116 cm³/mol. The molecule has 0 spiro atoms. The maximum atomic E-state index is 12.3. The molecule has 2 aromatic carbocycles. The Kier molecular flexibility index (Phi) is 6.26. The molecule has 0 saturated carbocycles. The maximum absolute atomic E-state index is 12.3. The van der Waals surface area contributed by atoms with Gasteiger partial charge in [-0.2, -0.15) is 0 Å². The number of amides is 1. The van der Waals surface area contributed by atoms with Crippen LogP contribution < -0.4 is 4.74 Å². The van der Waals surface area contributed by atoms with Crippen LogP contribution in [-0.4, -0.2) is 27.6 Å². The highest BCUT2D eigenvalue weighted by Gasteiger charge is 2.30. The van der Waals surface area contributed by atoms with Crippen LogP contribution in [0.2, 0.25) is 0 Å². The summed E-state index contributed by atoms with van der Waals surface area (Å²) in [5.41, 5.74) is 1.27. The molecule has 4 nitrogen and oxygen atoms in total. The second-order valence-electron chi connectivity index (χ2n) is 5.55. The van der Waals surface area contributed by atoms with Gasteiger partial charge in [-0.3, -0.25) is 9.69 Å². The normalized spacial score (nSPS) is 15.3. The van der Waals surface area contributed by atoms with Gasteiger partial charge in [-0.05, 0) is 42.0 Å². The van der Waals surface area contributed by atoms with Gasteiger partial charge >= 0.3 is 5.97 Å². The van der Waals surface area contributed by atoms with Crippen LogP contribution in [0.3, 0.4) is 0 Å². The zero-order valence-corrected chi connectivity index (χ0v) is 17.3. The molecule has 0 aliphatic carbocycles. The van der Waals surface area contributed by atoms with E-state index in [2.05, 4.69) is 22.5 Å². The number of benzene rings is 2. The Hall–Kier alpha value is -2.22. The van der Waals surface area contributed by atoms with Crippen molar-refractivity contribution in [1.82, 2.24) is 4.90 Å². The van der Waals surface area contributed by atoms with Gasteiger partial charge in [-0.25, -0.2) is 4.79 Å². The Morgan fingerprint density at radius 1 is 1.26 bits per heavy atom. The van der Waals surface area contributed by atoms with Crippen LogP contribution in [0.1, 0.15) is 15.9 Å². The van der Waals surface area contributed by atoms with E-state index in [1.165, 1.54) is 16.7 Å². The number of thiocarbonyl (C=S) groups is 1. The Labute approximate surface area is 175 Å². The first-order valence-corrected chi connectivity index (χ1v) is 9.94. The Morgan fingerprint density at radius 2 is 2.00 bits per heavy atom. The van der Waals surface area contributed by atoms with Crippen molar-refractivity contribution in [1.29, 1.82) is 0 Å². The molecule has 1 aliphatic heterocycles. The van der Waals surface area contributed by atoms with E-state index in [0.29, 0.717) is 27.1 Å². The van der Waals surface area contributed by atoms with Gasteiger partial charge in [0.25, 0.3) is 5.91 Å². The lowest BCUT2D eigenvalue weighted by molar-refractivity contribution is -0.121. The highest BCUT2D eigenvalue weighted by molar-refractivity contribution is 9.10. The van der Waals surface area contributed by atoms with Gasteiger partial charge in [0.2, 0.25) is 0 Å². The van der Waals surface area contributed by atoms with Crippen molar-refractivity contribution in [3.05, 3.63) is 81.7 Å². The van der Waals surface area contributed by atoms with Crippen LogP contribution in [0, 0.1) is 0 Å². The number of esters is 1. The van der Waals surface area contributed by atoms with E-state index in [0.717, 1.165) is 10.0 Å².